The maximum Gasteiger partial charge on any atom is 0.251 e. The van der Waals surface area contributed by atoms with Crippen LogP contribution in [0.25, 0.3) is 10.9 Å². The maximum absolute atomic E-state index is 13.8. The van der Waals surface area contributed by atoms with Gasteiger partial charge in [-0.05, 0) is 44.0 Å². The van der Waals surface area contributed by atoms with E-state index < -0.39 is 5.92 Å². The summed E-state index contributed by atoms with van der Waals surface area (Å²) >= 11 is 0. The zero-order valence-electron chi connectivity index (χ0n) is 21.4. The molecule has 0 amide bonds. The molecule has 37 heavy (non-hydrogen) atoms. The van der Waals surface area contributed by atoms with Crippen LogP contribution in [0.15, 0.2) is 42.5 Å². The molecule has 0 bridgehead atoms. The molecule has 0 radical (unpaired) electrons. The first-order valence-electron chi connectivity index (χ1n) is 13.2. The molecular formula is C28H35F2N5O2. The topological polar surface area (TPSA) is 62.8 Å². The van der Waals surface area contributed by atoms with Gasteiger partial charge in [0.2, 0.25) is 5.95 Å². The first-order valence-corrected chi connectivity index (χ1v) is 13.2. The van der Waals surface area contributed by atoms with Crippen LogP contribution in [0.1, 0.15) is 37.7 Å². The van der Waals surface area contributed by atoms with Crippen LogP contribution in [0, 0.1) is 0 Å². The highest BCUT2D eigenvalue weighted by atomic mass is 19.3. The summed E-state index contributed by atoms with van der Waals surface area (Å²) in [5.74, 6) is -0.306. The minimum atomic E-state index is -2.63. The van der Waals surface area contributed by atoms with E-state index in [-0.39, 0.29) is 25.9 Å². The van der Waals surface area contributed by atoms with Gasteiger partial charge in [0.05, 0.1) is 19.2 Å². The third-order valence-corrected chi connectivity index (χ3v) is 7.12. The Bertz CT molecular complexity index is 1180. The number of rotatable bonds is 10. The summed E-state index contributed by atoms with van der Waals surface area (Å²) < 4.78 is 39.4. The molecular weight excluding hydrogens is 476 g/mol. The van der Waals surface area contributed by atoms with E-state index in [0.29, 0.717) is 41.9 Å². The Labute approximate surface area is 216 Å². The first kappa shape index (κ1) is 25.4. The highest BCUT2D eigenvalue weighted by Gasteiger charge is 2.35. The van der Waals surface area contributed by atoms with Crippen LogP contribution >= 0.6 is 0 Å². The van der Waals surface area contributed by atoms with E-state index in [1.54, 1.807) is 7.11 Å². The molecule has 0 saturated carbocycles. The third-order valence-electron chi connectivity index (χ3n) is 7.12. The van der Waals surface area contributed by atoms with Gasteiger partial charge in [0.15, 0.2) is 11.5 Å². The van der Waals surface area contributed by atoms with Gasteiger partial charge < -0.3 is 24.6 Å². The van der Waals surface area contributed by atoms with Crippen LogP contribution in [0.2, 0.25) is 0 Å². The van der Waals surface area contributed by atoms with Crippen molar-refractivity contribution >= 4 is 22.7 Å². The number of ether oxygens (including phenoxy) is 2. The van der Waals surface area contributed by atoms with Crippen LogP contribution in [0.3, 0.4) is 0 Å². The van der Waals surface area contributed by atoms with Crippen molar-refractivity contribution in [3.05, 3.63) is 48.0 Å². The number of piperidine rings is 1. The van der Waals surface area contributed by atoms with Crippen molar-refractivity contribution in [1.29, 1.82) is 0 Å². The summed E-state index contributed by atoms with van der Waals surface area (Å²) in [5.41, 5.74) is 1.80. The van der Waals surface area contributed by atoms with Crippen molar-refractivity contribution in [3.63, 3.8) is 0 Å². The number of nitrogens with one attached hydrogen (secondary N) is 1. The predicted molar refractivity (Wildman–Crippen MR) is 142 cm³/mol. The minimum absolute atomic E-state index is 0.199. The van der Waals surface area contributed by atoms with E-state index in [1.807, 2.05) is 47.4 Å². The fraction of sp³-hybridized carbons (Fsp3) is 0.500. The van der Waals surface area contributed by atoms with Crippen LogP contribution in [0.4, 0.5) is 20.5 Å². The molecule has 2 saturated heterocycles. The second-order valence-electron chi connectivity index (χ2n) is 9.83. The molecule has 198 valence electrons. The average molecular weight is 512 g/mol. The van der Waals surface area contributed by atoms with Crippen LogP contribution < -0.4 is 19.7 Å². The van der Waals surface area contributed by atoms with Gasteiger partial charge in [-0.25, -0.2) is 13.8 Å². The van der Waals surface area contributed by atoms with Crippen molar-refractivity contribution in [1.82, 2.24) is 14.9 Å². The fourth-order valence-electron chi connectivity index (χ4n) is 4.96. The normalized spacial score (nSPS) is 17.8. The molecule has 3 aromatic rings. The highest BCUT2D eigenvalue weighted by Crippen LogP contribution is 2.36. The fourth-order valence-corrected chi connectivity index (χ4v) is 4.96. The van der Waals surface area contributed by atoms with E-state index in [4.69, 9.17) is 19.4 Å². The Hall–Kier alpha value is -3.20. The number of aromatic nitrogens is 2. The first-order chi connectivity index (χ1) is 18.0. The molecule has 2 aliphatic rings. The summed E-state index contributed by atoms with van der Waals surface area (Å²) in [4.78, 5) is 13.8. The van der Waals surface area contributed by atoms with E-state index in [2.05, 4.69) is 10.2 Å². The van der Waals surface area contributed by atoms with Gasteiger partial charge in [0.1, 0.15) is 5.82 Å². The van der Waals surface area contributed by atoms with Gasteiger partial charge in [-0.15, -0.1) is 0 Å². The van der Waals surface area contributed by atoms with Gasteiger partial charge in [-0.3, -0.25) is 0 Å². The lowest BCUT2D eigenvalue weighted by Gasteiger charge is -2.32. The summed E-state index contributed by atoms with van der Waals surface area (Å²) in [6.07, 6.45) is 3.08. The highest BCUT2D eigenvalue weighted by molar-refractivity contribution is 5.92. The maximum atomic E-state index is 13.8. The lowest BCUT2D eigenvalue weighted by molar-refractivity contribution is -0.0222. The number of hydrogen-bond donors (Lipinski definition) is 1. The third kappa shape index (κ3) is 6.39. The monoisotopic (exact) mass is 511 g/mol. The quantitative estimate of drug-likeness (QED) is 0.368. The van der Waals surface area contributed by atoms with Crippen molar-refractivity contribution in [2.24, 2.45) is 0 Å². The number of alkyl halides is 2. The lowest BCUT2D eigenvalue weighted by atomic mass is 10.1. The molecule has 0 atom stereocenters. The number of fused-ring (bicyclic) bond motifs is 1. The van der Waals surface area contributed by atoms with Gasteiger partial charge in [0.25, 0.3) is 5.92 Å². The van der Waals surface area contributed by atoms with Gasteiger partial charge in [-0.2, -0.15) is 4.98 Å². The van der Waals surface area contributed by atoms with Crippen molar-refractivity contribution in [2.45, 2.75) is 44.6 Å². The number of halogens is 2. The molecule has 2 aromatic carbocycles. The standard InChI is InChI=1S/C28H35F2N5O2/c1-36-24-18-22-23(19-25(24)37-17-7-14-34-12-5-6-13-34)32-27(35-15-10-28(29,30)11-16-35)33-26(22)31-20-21-8-3-2-4-9-21/h2-4,8-9,18-19H,5-7,10-17,20H2,1H3,(H,31,32,33). The molecule has 5 rings (SSSR count). The van der Waals surface area contributed by atoms with Gasteiger partial charge in [0, 0.05) is 50.5 Å². The number of nitrogens with zero attached hydrogens (tertiary/aromatic N) is 4. The number of likely N-dealkylation sites (tertiary alicyclic amines) is 1. The van der Waals surface area contributed by atoms with Crippen LogP contribution in [-0.2, 0) is 6.54 Å². The van der Waals surface area contributed by atoms with Gasteiger partial charge >= 0.3 is 0 Å². The predicted octanol–water partition coefficient (Wildman–Crippen LogP) is 5.35. The second-order valence-corrected chi connectivity index (χ2v) is 9.83. The van der Waals surface area contributed by atoms with Crippen molar-refractivity contribution < 1.29 is 18.3 Å². The molecule has 2 fully saturated rings. The van der Waals surface area contributed by atoms with E-state index in [1.165, 1.54) is 25.9 Å². The van der Waals surface area contributed by atoms with Gasteiger partial charge in [-0.1, -0.05) is 30.3 Å². The molecule has 1 N–H and O–H groups in total. The van der Waals surface area contributed by atoms with Crippen LogP contribution in [0.5, 0.6) is 11.5 Å². The Morgan fingerprint density at radius 1 is 0.973 bits per heavy atom. The molecule has 2 aliphatic heterocycles. The van der Waals surface area contributed by atoms with E-state index >= 15 is 0 Å². The van der Waals surface area contributed by atoms with Crippen molar-refractivity contribution in [3.8, 4) is 11.5 Å². The lowest BCUT2D eigenvalue weighted by Crippen LogP contribution is -2.40. The zero-order chi connectivity index (χ0) is 25.7. The summed E-state index contributed by atoms with van der Waals surface area (Å²) in [5, 5.41) is 4.22. The molecule has 1 aromatic heterocycles. The zero-order valence-corrected chi connectivity index (χ0v) is 21.4. The number of benzene rings is 2. The molecule has 7 nitrogen and oxygen atoms in total. The molecule has 0 spiro atoms. The smallest absolute Gasteiger partial charge is 0.251 e. The number of anilines is 2. The average Bonchev–Trinajstić information content (AvgIpc) is 3.43. The summed E-state index contributed by atoms with van der Waals surface area (Å²) in [6, 6.07) is 13.8. The summed E-state index contributed by atoms with van der Waals surface area (Å²) in [6.45, 7) is 4.94. The largest absolute Gasteiger partial charge is 0.493 e. The van der Waals surface area contributed by atoms with Crippen LogP contribution in [-0.4, -0.2) is 67.2 Å². The molecule has 9 heteroatoms. The minimum Gasteiger partial charge on any atom is -0.493 e. The number of methoxy groups -OCH3 is 1. The molecule has 0 unspecified atom stereocenters. The van der Waals surface area contributed by atoms with E-state index in [9.17, 15) is 8.78 Å². The van der Waals surface area contributed by atoms with E-state index in [0.717, 1.165) is 23.9 Å². The Balaban J connectivity index is 1.41. The number of hydrogen-bond acceptors (Lipinski definition) is 7. The Morgan fingerprint density at radius 3 is 2.46 bits per heavy atom. The SMILES string of the molecule is COc1cc2c(NCc3ccccc3)nc(N3CCC(F)(F)CC3)nc2cc1OCCCN1CCCC1. The van der Waals surface area contributed by atoms with Crippen molar-refractivity contribution in [2.75, 3.05) is 56.7 Å². The summed E-state index contributed by atoms with van der Waals surface area (Å²) in [7, 11) is 1.62. The molecule has 3 heterocycles. The second kappa shape index (κ2) is 11.5. The Kier molecular flexibility index (Phi) is 7.88. The Morgan fingerprint density at radius 2 is 1.73 bits per heavy atom. The molecule has 0 aliphatic carbocycles.